The SMILES string of the molecule is CCc1ccccc1NC(=O)CSc1nnc(Cc2ccccc2)n1-c1ccc(C)cc1. The van der Waals surface area contributed by atoms with Gasteiger partial charge in [-0.05, 0) is 42.7 Å². The Morgan fingerprint density at radius 1 is 0.938 bits per heavy atom. The molecule has 0 saturated heterocycles. The van der Waals surface area contributed by atoms with Crippen LogP contribution in [0, 0.1) is 6.92 Å². The molecule has 32 heavy (non-hydrogen) atoms. The zero-order valence-corrected chi connectivity index (χ0v) is 19.1. The van der Waals surface area contributed by atoms with Crippen molar-refractivity contribution in [1.29, 1.82) is 0 Å². The van der Waals surface area contributed by atoms with Crippen LogP contribution in [-0.4, -0.2) is 26.4 Å². The number of amides is 1. The first-order valence-corrected chi connectivity index (χ1v) is 11.7. The fraction of sp³-hybridized carbons (Fsp3) is 0.192. The highest BCUT2D eigenvalue weighted by atomic mass is 32.2. The summed E-state index contributed by atoms with van der Waals surface area (Å²) >= 11 is 1.40. The van der Waals surface area contributed by atoms with Gasteiger partial charge in [0, 0.05) is 17.8 Å². The second-order valence-corrected chi connectivity index (χ2v) is 8.52. The Bertz CT molecular complexity index is 1190. The smallest absolute Gasteiger partial charge is 0.234 e. The highest BCUT2D eigenvalue weighted by Crippen LogP contribution is 2.24. The lowest BCUT2D eigenvalue weighted by Gasteiger charge is -2.12. The molecule has 0 aliphatic rings. The van der Waals surface area contributed by atoms with E-state index in [1.165, 1.54) is 22.9 Å². The summed E-state index contributed by atoms with van der Waals surface area (Å²) in [7, 11) is 0. The maximum absolute atomic E-state index is 12.7. The van der Waals surface area contributed by atoms with Crippen LogP contribution >= 0.6 is 11.8 Å². The van der Waals surface area contributed by atoms with E-state index in [0.717, 1.165) is 29.2 Å². The van der Waals surface area contributed by atoms with Crippen LogP contribution in [0.5, 0.6) is 0 Å². The van der Waals surface area contributed by atoms with Crippen molar-refractivity contribution < 1.29 is 4.79 Å². The van der Waals surface area contributed by atoms with Crippen LogP contribution in [-0.2, 0) is 17.6 Å². The van der Waals surface area contributed by atoms with Crippen molar-refractivity contribution in [2.45, 2.75) is 31.8 Å². The number of para-hydroxylation sites is 1. The number of nitrogens with one attached hydrogen (secondary N) is 1. The summed E-state index contributed by atoms with van der Waals surface area (Å²) in [6, 6.07) is 26.4. The molecule has 1 amide bonds. The number of hydrogen-bond acceptors (Lipinski definition) is 4. The van der Waals surface area contributed by atoms with E-state index in [1.807, 2.05) is 47.0 Å². The van der Waals surface area contributed by atoms with Crippen molar-refractivity contribution in [3.05, 3.63) is 101 Å². The van der Waals surface area contributed by atoms with Crippen LogP contribution in [0.15, 0.2) is 84.0 Å². The van der Waals surface area contributed by atoms with Crippen molar-refractivity contribution in [2.75, 3.05) is 11.1 Å². The van der Waals surface area contributed by atoms with E-state index in [9.17, 15) is 4.79 Å². The number of carbonyl (C=O) groups is 1. The molecule has 1 heterocycles. The molecule has 0 saturated carbocycles. The van der Waals surface area contributed by atoms with Crippen LogP contribution in [0.4, 0.5) is 5.69 Å². The molecule has 162 valence electrons. The molecule has 0 unspecified atom stereocenters. The number of aromatic nitrogens is 3. The molecule has 4 rings (SSSR count). The molecule has 0 radical (unpaired) electrons. The molecule has 0 bridgehead atoms. The summed E-state index contributed by atoms with van der Waals surface area (Å²) in [6.45, 7) is 4.15. The lowest BCUT2D eigenvalue weighted by atomic mass is 10.1. The number of aryl methyl sites for hydroxylation is 2. The van der Waals surface area contributed by atoms with E-state index < -0.39 is 0 Å². The number of thioether (sulfide) groups is 1. The molecule has 0 spiro atoms. The minimum Gasteiger partial charge on any atom is -0.325 e. The average molecular weight is 443 g/mol. The second kappa shape index (κ2) is 10.3. The fourth-order valence-corrected chi connectivity index (χ4v) is 4.28. The lowest BCUT2D eigenvalue weighted by molar-refractivity contribution is -0.113. The summed E-state index contributed by atoms with van der Waals surface area (Å²) in [6.07, 6.45) is 1.53. The Morgan fingerprint density at radius 2 is 1.66 bits per heavy atom. The number of anilines is 1. The molecule has 0 atom stereocenters. The van der Waals surface area contributed by atoms with Crippen molar-refractivity contribution in [2.24, 2.45) is 0 Å². The van der Waals surface area contributed by atoms with Crippen LogP contribution < -0.4 is 5.32 Å². The molecule has 6 heteroatoms. The van der Waals surface area contributed by atoms with Gasteiger partial charge in [0.2, 0.25) is 5.91 Å². The summed E-state index contributed by atoms with van der Waals surface area (Å²) in [4.78, 5) is 12.7. The average Bonchev–Trinajstić information content (AvgIpc) is 3.21. The topological polar surface area (TPSA) is 59.8 Å². The van der Waals surface area contributed by atoms with Crippen molar-refractivity contribution in [1.82, 2.24) is 14.8 Å². The van der Waals surface area contributed by atoms with Crippen LogP contribution in [0.25, 0.3) is 5.69 Å². The summed E-state index contributed by atoms with van der Waals surface area (Å²) in [5.74, 6) is 1.05. The highest BCUT2D eigenvalue weighted by Gasteiger charge is 2.17. The van der Waals surface area contributed by atoms with Gasteiger partial charge in [0.15, 0.2) is 5.16 Å². The zero-order valence-electron chi connectivity index (χ0n) is 18.3. The number of hydrogen-bond donors (Lipinski definition) is 1. The maximum atomic E-state index is 12.7. The Morgan fingerprint density at radius 3 is 2.41 bits per heavy atom. The van der Waals surface area contributed by atoms with Gasteiger partial charge in [0.1, 0.15) is 5.82 Å². The molecule has 4 aromatic rings. The van der Waals surface area contributed by atoms with E-state index in [1.54, 1.807) is 0 Å². The van der Waals surface area contributed by atoms with Gasteiger partial charge in [0.05, 0.1) is 5.75 Å². The summed E-state index contributed by atoms with van der Waals surface area (Å²) < 4.78 is 2.05. The Balaban J connectivity index is 1.55. The molecule has 0 fully saturated rings. The van der Waals surface area contributed by atoms with Gasteiger partial charge in [-0.2, -0.15) is 0 Å². The normalized spacial score (nSPS) is 10.8. The van der Waals surface area contributed by atoms with E-state index in [2.05, 4.69) is 65.8 Å². The molecule has 1 N–H and O–H groups in total. The molecule has 1 aromatic heterocycles. The molecule has 0 aliphatic heterocycles. The van der Waals surface area contributed by atoms with Gasteiger partial charge in [0.25, 0.3) is 0 Å². The third-order valence-electron chi connectivity index (χ3n) is 5.20. The second-order valence-electron chi connectivity index (χ2n) is 7.58. The number of rotatable bonds is 8. The van der Waals surface area contributed by atoms with Crippen molar-refractivity contribution in [3.63, 3.8) is 0 Å². The largest absolute Gasteiger partial charge is 0.325 e. The monoisotopic (exact) mass is 442 g/mol. The quantitative estimate of drug-likeness (QED) is 0.368. The Kier molecular flexibility index (Phi) is 7.02. The summed E-state index contributed by atoms with van der Waals surface area (Å²) in [5.41, 5.74) is 5.34. The number of benzene rings is 3. The molecular weight excluding hydrogens is 416 g/mol. The number of carbonyl (C=O) groups excluding carboxylic acids is 1. The number of nitrogens with zero attached hydrogens (tertiary/aromatic N) is 3. The summed E-state index contributed by atoms with van der Waals surface area (Å²) in [5, 5.41) is 12.6. The van der Waals surface area contributed by atoms with E-state index in [-0.39, 0.29) is 11.7 Å². The predicted octanol–water partition coefficient (Wildman–Crippen LogP) is 5.46. The highest BCUT2D eigenvalue weighted by molar-refractivity contribution is 7.99. The van der Waals surface area contributed by atoms with Gasteiger partial charge >= 0.3 is 0 Å². The van der Waals surface area contributed by atoms with E-state index in [0.29, 0.717) is 11.6 Å². The predicted molar refractivity (Wildman–Crippen MR) is 131 cm³/mol. The minimum atomic E-state index is -0.0565. The molecule has 5 nitrogen and oxygen atoms in total. The van der Waals surface area contributed by atoms with E-state index >= 15 is 0 Å². The van der Waals surface area contributed by atoms with Crippen LogP contribution in [0.2, 0.25) is 0 Å². The van der Waals surface area contributed by atoms with Gasteiger partial charge in [-0.1, -0.05) is 84.9 Å². The zero-order chi connectivity index (χ0) is 22.3. The lowest BCUT2D eigenvalue weighted by Crippen LogP contribution is -2.15. The fourth-order valence-electron chi connectivity index (χ4n) is 3.51. The first-order chi connectivity index (χ1) is 15.6. The minimum absolute atomic E-state index is 0.0565. The molecular formula is C26H26N4OS. The van der Waals surface area contributed by atoms with E-state index in [4.69, 9.17) is 0 Å². The van der Waals surface area contributed by atoms with Crippen LogP contribution in [0.3, 0.4) is 0 Å². The third-order valence-corrected chi connectivity index (χ3v) is 6.13. The first-order valence-electron chi connectivity index (χ1n) is 10.7. The van der Waals surface area contributed by atoms with Crippen molar-refractivity contribution in [3.8, 4) is 5.69 Å². The maximum Gasteiger partial charge on any atom is 0.234 e. The Labute approximate surface area is 192 Å². The third kappa shape index (κ3) is 5.26. The van der Waals surface area contributed by atoms with Gasteiger partial charge in [-0.3, -0.25) is 9.36 Å². The molecule has 0 aliphatic carbocycles. The molecule has 3 aromatic carbocycles. The van der Waals surface area contributed by atoms with Gasteiger partial charge in [-0.25, -0.2) is 0 Å². The van der Waals surface area contributed by atoms with Gasteiger partial charge < -0.3 is 5.32 Å². The van der Waals surface area contributed by atoms with Crippen LogP contribution in [0.1, 0.15) is 29.4 Å². The van der Waals surface area contributed by atoms with Crippen molar-refractivity contribution >= 4 is 23.4 Å². The first kappa shape index (κ1) is 21.8. The Hall–Kier alpha value is -3.38. The standard InChI is InChI=1S/C26H26N4OS/c1-3-21-11-7-8-12-23(21)27-25(31)18-32-26-29-28-24(17-20-9-5-4-6-10-20)30(26)22-15-13-19(2)14-16-22/h4-16H,3,17-18H2,1-2H3,(H,27,31). The van der Waals surface area contributed by atoms with Gasteiger partial charge in [-0.15, -0.1) is 10.2 Å².